The van der Waals surface area contributed by atoms with Crippen molar-refractivity contribution in [2.75, 3.05) is 31.7 Å². The lowest BCUT2D eigenvalue weighted by atomic mass is 10.2. The predicted octanol–water partition coefficient (Wildman–Crippen LogP) is 2.30. The van der Waals surface area contributed by atoms with Crippen molar-refractivity contribution in [1.82, 2.24) is 4.90 Å². The fourth-order valence-corrected chi connectivity index (χ4v) is 1.50. The fraction of sp³-hybridized carbons (Fsp3) is 0.500. The highest BCUT2D eigenvalue weighted by Crippen LogP contribution is 2.22. The van der Waals surface area contributed by atoms with Gasteiger partial charge in [0.2, 0.25) is 0 Å². The topological polar surface area (TPSA) is 41.3 Å². The summed E-state index contributed by atoms with van der Waals surface area (Å²) in [6.07, 6.45) is 0.802. The van der Waals surface area contributed by atoms with Crippen LogP contribution >= 0.6 is 0 Å². The maximum atomic E-state index is 13.5. The van der Waals surface area contributed by atoms with Gasteiger partial charge in [0.25, 0.3) is 0 Å². The first kappa shape index (κ1) is 13.7. The fourth-order valence-electron chi connectivity index (χ4n) is 1.50. The quantitative estimate of drug-likeness (QED) is 0.780. The molecule has 0 radical (unpaired) electrons. The van der Waals surface area contributed by atoms with Crippen LogP contribution in [0.3, 0.4) is 0 Å². The van der Waals surface area contributed by atoms with Crippen LogP contribution in [0.1, 0.15) is 13.3 Å². The zero-order valence-corrected chi connectivity index (χ0v) is 10.4. The summed E-state index contributed by atoms with van der Waals surface area (Å²) in [5, 5.41) is 2.83. The second-order valence-corrected chi connectivity index (χ2v) is 4.50. The molecule has 0 aromatic heterocycles. The minimum atomic E-state index is -0.654. The van der Waals surface area contributed by atoms with Gasteiger partial charge in [-0.2, -0.15) is 0 Å². The first-order chi connectivity index (χ1) is 7.90. The minimum absolute atomic E-state index is 0.00924. The van der Waals surface area contributed by atoms with E-state index < -0.39 is 11.6 Å². The maximum absolute atomic E-state index is 13.5. The van der Waals surface area contributed by atoms with Crippen LogP contribution in [0, 0.1) is 11.6 Å². The monoisotopic (exact) mass is 243 g/mol. The van der Waals surface area contributed by atoms with E-state index in [9.17, 15) is 8.78 Å². The van der Waals surface area contributed by atoms with Crippen molar-refractivity contribution in [3.8, 4) is 0 Å². The lowest BCUT2D eigenvalue weighted by molar-refractivity contribution is 0.390. The van der Waals surface area contributed by atoms with Gasteiger partial charge in [0.15, 0.2) is 11.6 Å². The van der Waals surface area contributed by atoms with Crippen LogP contribution in [0.5, 0.6) is 0 Å². The number of rotatable bonds is 5. The van der Waals surface area contributed by atoms with Crippen LogP contribution in [0.25, 0.3) is 0 Å². The molecule has 0 fully saturated rings. The Bertz CT molecular complexity index is 357. The van der Waals surface area contributed by atoms with Gasteiger partial charge in [0.05, 0.1) is 0 Å². The first-order valence-corrected chi connectivity index (χ1v) is 5.56. The highest BCUT2D eigenvalue weighted by atomic mass is 19.1. The van der Waals surface area contributed by atoms with E-state index in [0.717, 1.165) is 25.1 Å². The molecule has 0 bridgehead atoms. The third kappa shape index (κ3) is 4.19. The summed E-state index contributed by atoms with van der Waals surface area (Å²) in [5.74, 6) is -1.31. The lowest BCUT2D eigenvalue weighted by Crippen LogP contribution is -2.23. The molecule has 1 aromatic carbocycles. The van der Waals surface area contributed by atoms with Gasteiger partial charge in [-0.1, -0.05) is 0 Å². The second-order valence-electron chi connectivity index (χ2n) is 4.50. The molecular weight excluding hydrogens is 224 g/mol. The Hall–Kier alpha value is -1.36. The Balaban J connectivity index is 2.68. The number of nitrogens with one attached hydrogen (secondary N) is 1. The molecule has 0 amide bonds. The summed E-state index contributed by atoms with van der Waals surface area (Å²) in [6.45, 7) is 2.74. The van der Waals surface area contributed by atoms with Gasteiger partial charge in [-0.3, -0.25) is 0 Å². The van der Waals surface area contributed by atoms with Crippen LogP contribution in [0.2, 0.25) is 0 Å². The van der Waals surface area contributed by atoms with E-state index in [-0.39, 0.29) is 17.4 Å². The summed E-state index contributed by atoms with van der Waals surface area (Å²) in [7, 11) is 3.91. The summed E-state index contributed by atoms with van der Waals surface area (Å²) >= 11 is 0. The number of nitrogens with zero attached hydrogens (tertiary/aromatic N) is 1. The van der Waals surface area contributed by atoms with E-state index in [1.807, 2.05) is 25.9 Å². The highest BCUT2D eigenvalue weighted by Gasteiger charge is 2.12. The molecular formula is C12H19F2N3. The largest absolute Gasteiger partial charge is 0.399 e. The van der Waals surface area contributed by atoms with Crippen molar-refractivity contribution < 1.29 is 8.78 Å². The van der Waals surface area contributed by atoms with E-state index in [4.69, 9.17) is 5.73 Å². The van der Waals surface area contributed by atoms with Crippen molar-refractivity contribution >= 4 is 11.4 Å². The van der Waals surface area contributed by atoms with Crippen LogP contribution in [-0.2, 0) is 0 Å². The van der Waals surface area contributed by atoms with Crippen molar-refractivity contribution in [2.45, 2.75) is 19.4 Å². The van der Waals surface area contributed by atoms with E-state index >= 15 is 0 Å². The zero-order valence-electron chi connectivity index (χ0n) is 10.4. The smallest absolute Gasteiger partial charge is 0.151 e. The zero-order chi connectivity index (χ0) is 13.0. The van der Waals surface area contributed by atoms with Crippen LogP contribution in [0.15, 0.2) is 12.1 Å². The number of nitrogens with two attached hydrogens (primary N) is 1. The number of benzene rings is 1. The standard InChI is InChI=1S/C12H19F2N3/c1-8(4-5-17(2)3)16-12-10(13)6-9(15)7-11(12)14/h6-8,16H,4-5,15H2,1-3H3. The molecule has 1 unspecified atom stereocenters. The molecule has 0 saturated carbocycles. The third-order valence-electron chi connectivity index (χ3n) is 2.46. The molecule has 3 nitrogen and oxygen atoms in total. The molecule has 17 heavy (non-hydrogen) atoms. The molecule has 0 saturated heterocycles. The normalized spacial score (nSPS) is 12.8. The Labute approximate surface area is 101 Å². The first-order valence-electron chi connectivity index (χ1n) is 5.56. The molecule has 0 aliphatic heterocycles. The molecule has 0 heterocycles. The van der Waals surface area contributed by atoms with Crippen LogP contribution in [-0.4, -0.2) is 31.6 Å². The van der Waals surface area contributed by atoms with Crippen molar-refractivity contribution in [2.24, 2.45) is 0 Å². The van der Waals surface area contributed by atoms with Gasteiger partial charge in [-0.05, 0) is 46.1 Å². The van der Waals surface area contributed by atoms with Gasteiger partial charge < -0.3 is 16.0 Å². The molecule has 0 spiro atoms. The van der Waals surface area contributed by atoms with Crippen molar-refractivity contribution in [3.05, 3.63) is 23.8 Å². The van der Waals surface area contributed by atoms with Crippen LogP contribution < -0.4 is 11.1 Å². The van der Waals surface area contributed by atoms with Crippen molar-refractivity contribution in [1.29, 1.82) is 0 Å². The Morgan fingerprint density at radius 2 is 1.82 bits per heavy atom. The molecule has 5 heteroatoms. The average Bonchev–Trinajstić information content (AvgIpc) is 2.20. The van der Waals surface area contributed by atoms with Gasteiger partial charge in [0, 0.05) is 11.7 Å². The van der Waals surface area contributed by atoms with E-state index in [0.29, 0.717) is 0 Å². The van der Waals surface area contributed by atoms with Gasteiger partial charge in [0.1, 0.15) is 5.69 Å². The highest BCUT2D eigenvalue weighted by molar-refractivity contribution is 5.54. The molecule has 0 aliphatic carbocycles. The number of hydrogen-bond acceptors (Lipinski definition) is 3. The number of hydrogen-bond donors (Lipinski definition) is 2. The van der Waals surface area contributed by atoms with E-state index in [2.05, 4.69) is 5.32 Å². The summed E-state index contributed by atoms with van der Waals surface area (Å²) in [6, 6.07) is 2.22. The molecule has 96 valence electrons. The summed E-state index contributed by atoms with van der Waals surface area (Å²) < 4.78 is 27.0. The van der Waals surface area contributed by atoms with Crippen molar-refractivity contribution in [3.63, 3.8) is 0 Å². The molecule has 0 aliphatic rings. The lowest BCUT2D eigenvalue weighted by Gasteiger charge is -2.18. The minimum Gasteiger partial charge on any atom is -0.399 e. The number of halogens is 2. The molecule has 1 atom stereocenters. The molecule has 3 N–H and O–H groups in total. The second kappa shape index (κ2) is 5.82. The number of anilines is 2. The Morgan fingerprint density at radius 1 is 1.29 bits per heavy atom. The van der Waals surface area contributed by atoms with Gasteiger partial charge in [-0.25, -0.2) is 8.78 Å². The Kier molecular flexibility index (Phi) is 4.69. The predicted molar refractivity (Wildman–Crippen MR) is 67.0 cm³/mol. The number of nitrogen functional groups attached to an aromatic ring is 1. The van der Waals surface area contributed by atoms with E-state index in [1.54, 1.807) is 0 Å². The SMILES string of the molecule is CC(CCN(C)C)Nc1c(F)cc(N)cc1F. The van der Waals surface area contributed by atoms with E-state index in [1.165, 1.54) is 0 Å². The van der Waals surface area contributed by atoms with Gasteiger partial charge >= 0.3 is 0 Å². The molecule has 1 aromatic rings. The molecule has 1 rings (SSSR count). The third-order valence-corrected chi connectivity index (χ3v) is 2.46. The Morgan fingerprint density at radius 3 is 2.29 bits per heavy atom. The van der Waals surface area contributed by atoms with Crippen LogP contribution in [0.4, 0.5) is 20.2 Å². The summed E-state index contributed by atoms with van der Waals surface area (Å²) in [4.78, 5) is 2.02. The van der Waals surface area contributed by atoms with Gasteiger partial charge in [-0.15, -0.1) is 0 Å². The maximum Gasteiger partial charge on any atom is 0.151 e. The average molecular weight is 243 g/mol. The summed E-state index contributed by atoms with van der Waals surface area (Å²) in [5.41, 5.74) is 5.33.